The van der Waals surface area contributed by atoms with Crippen LogP contribution in [0.2, 0.25) is 0 Å². The number of sulfonamides is 1. The van der Waals surface area contributed by atoms with E-state index in [-0.39, 0.29) is 11.4 Å². The molecule has 0 aliphatic rings. The van der Waals surface area contributed by atoms with E-state index in [2.05, 4.69) is 20.7 Å². The minimum Gasteiger partial charge on any atom is -0.210 e. The van der Waals surface area contributed by atoms with Gasteiger partial charge in [-0.15, -0.1) is 0 Å². The summed E-state index contributed by atoms with van der Waals surface area (Å²) < 4.78 is 63.7. The molecule has 0 radical (unpaired) electrons. The summed E-state index contributed by atoms with van der Waals surface area (Å²) in [5.41, 5.74) is -1.17. The fourth-order valence-corrected chi connectivity index (χ4v) is 2.97. The van der Waals surface area contributed by atoms with Crippen molar-refractivity contribution < 1.29 is 21.6 Å². The number of hydrogen-bond acceptors (Lipinski definition) is 2. The first-order valence-electron chi connectivity index (χ1n) is 4.94. The number of hydrogen-bond donors (Lipinski definition) is 1. The lowest BCUT2D eigenvalue weighted by atomic mass is 10.2. The van der Waals surface area contributed by atoms with Gasteiger partial charge in [-0.05, 0) is 12.1 Å². The molecule has 102 valence electrons. The average Bonchev–Trinajstić information content (AvgIpc) is 2.25. The number of halogens is 4. The number of nitrogens with one attached hydrogen (secondary N) is 1. The zero-order valence-electron chi connectivity index (χ0n) is 9.33. The second-order valence-corrected chi connectivity index (χ2v) is 6.93. The Balaban J connectivity index is 3.17. The SMILES string of the molecule is CC(Br)CNS(=O)(=O)c1ccccc1C(F)(F)F. The van der Waals surface area contributed by atoms with Gasteiger partial charge in [-0.3, -0.25) is 0 Å². The molecule has 0 fully saturated rings. The largest absolute Gasteiger partial charge is 0.417 e. The molecule has 0 aliphatic heterocycles. The van der Waals surface area contributed by atoms with Crippen molar-refractivity contribution in [1.29, 1.82) is 0 Å². The van der Waals surface area contributed by atoms with Gasteiger partial charge in [0, 0.05) is 11.4 Å². The molecule has 0 aromatic heterocycles. The third-order valence-corrected chi connectivity index (χ3v) is 3.84. The Labute approximate surface area is 112 Å². The third kappa shape index (κ3) is 3.96. The molecule has 0 heterocycles. The Kier molecular flexibility index (Phi) is 4.79. The number of benzene rings is 1. The lowest BCUT2D eigenvalue weighted by molar-refractivity contribution is -0.139. The van der Waals surface area contributed by atoms with Gasteiger partial charge in [-0.1, -0.05) is 35.0 Å². The highest BCUT2D eigenvalue weighted by atomic mass is 79.9. The molecule has 0 spiro atoms. The van der Waals surface area contributed by atoms with Crippen molar-refractivity contribution in [3.63, 3.8) is 0 Å². The maximum atomic E-state index is 12.7. The fraction of sp³-hybridized carbons (Fsp3) is 0.400. The van der Waals surface area contributed by atoms with Crippen LogP contribution < -0.4 is 4.72 Å². The van der Waals surface area contributed by atoms with Crippen molar-refractivity contribution in [1.82, 2.24) is 4.72 Å². The van der Waals surface area contributed by atoms with Crippen LogP contribution in [0.25, 0.3) is 0 Å². The molecule has 18 heavy (non-hydrogen) atoms. The minimum absolute atomic E-state index is 0.00846. The zero-order chi connectivity index (χ0) is 14.0. The topological polar surface area (TPSA) is 46.2 Å². The van der Waals surface area contributed by atoms with Gasteiger partial charge < -0.3 is 0 Å². The van der Waals surface area contributed by atoms with Gasteiger partial charge in [0.05, 0.1) is 10.5 Å². The molecule has 3 nitrogen and oxygen atoms in total. The highest BCUT2D eigenvalue weighted by Crippen LogP contribution is 2.33. The van der Waals surface area contributed by atoms with Crippen LogP contribution >= 0.6 is 15.9 Å². The van der Waals surface area contributed by atoms with Crippen LogP contribution in [0.15, 0.2) is 29.2 Å². The van der Waals surface area contributed by atoms with E-state index < -0.39 is 26.7 Å². The average molecular weight is 346 g/mol. The highest BCUT2D eigenvalue weighted by Gasteiger charge is 2.36. The Bertz CT molecular complexity index is 514. The van der Waals surface area contributed by atoms with E-state index in [0.29, 0.717) is 0 Å². The third-order valence-electron chi connectivity index (χ3n) is 2.04. The molecule has 0 amide bonds. The van der Waals surface area contributed by atoms with Gasteiger partial charge in [0.25, 0.3) is 0 Å². The Morgan fingerprint density at radius 1 is 1.33 bits per heavy atom. The molecular weight excluding hydrogens is 335 g/mol. The summed E-state index contributed by atoms with van der Waals surface area (Å²) >= 11 is 3.11. The first-order valence-corrected chi connectivity index (χ1v) is 7.34. The molecule has 0 saturated carbocycles. The quantitative estimate of drug-likeness (QED) is 0.853. The van der Waals surface area contributed by atoms with Crippen LogP contribution in [0.1, 0.15) is 12.5 Å². The molecule has 1 N–H and O–H groups in total. The molecule has 1 rings (SSSR count). The van der Waals surface area contributed by atoms with Crippen LogP contribution in [0.3, 0.4) is 0 Å². The second-order valence-electron chi connectivity index (χ2n) is 3.63. The van der Waals surface area contributed by atoms with Gasteiger partial charge in [-0.2, -0.15) is 13.2 Å². The summed E-state index contributed by atoms with van der Waals surface area (Å²) in [6.45, 7) is 1.69. The fourth-order valence-electron chi connectivity index (χ4n) is 1.24. The van der Waals surface area contributed by atoms with Crippen LogP contribution in [-0.2, 0) is 16.2 Å². The molecule has 1 aromatic rings. The van der Waals surface area contributed by atoms with Crippen molar-refractivity contribution in [3.05, 3.63) is 29.8 Å². The first kappa shape index (κ1) is 15.5. The molecule has 1 aromatic carbocycles. The van der Waals surface area contributed by atoms with E-state index in [9.17, 15) is 21.6 Å². The van der Waals surface area contributed by atoms with E-state index in [4.69, 9.17) is 0 Å². The standard InChI is InChI=1S/C10H11BrF3NO2S/c1-7(11)6-15-18(16,17)9-5-3-2-4-8(9)10(12,13)14/h2-5,7,15H,6H2,1H3. The second kappa shape index (κ2) is 5.58. The van der Waals surface area contributed by atoms with Gasteiger partial charge >= 0.3 is 6.18 Å². The van der Waals surface area contributed by atoms with Crippen LogP contribution in [0.4, 0.5) is 13.2 Å². The maximum absolute atomic E-state index is 12.7. The first-order chi connectivity index (χ1) is 8.14. The predicted octanol–water partition coefficient (Wildman–Crippen LogP) is 2.77. The minimum atomic E-state index is -4.70. The number of rotatable bonds is 4. The summed E-state index contributed by atoms with van der Waals surface area (Å²) in [5, 5.41) is 0. The van der Waals surface area contributed by atoms with E-state index in [1.165, 1.54) is 6.07 Å². The molecule has 8 heteroatoms. The van der Waals surface area contributed by atoms with Gasteiger partial charge in [0.2, 0.25) is 10.0 Å². The van der Waals surface area contributed by atoms with Gasteiger partial charge in [0.1, 0.15) is 0 Å². The smallest absolute Gasteiger partial charge is 0.210 e. The van der Waals surface area contributed by atoms with Gasteiger partial charge in [-0.25, -0.2) is 13.1 Å². The highest BCUT2D eigenvalue weighted by molar-refractivity contribution is 9.09. The Morgan fingerprint density at radius 3 is 2.39 bits per heavy atom. The van der Waals surface area contributed by atoms with E-state index in [1.54, 1.807) is 6.92 Å². The Morgan fingerprint density at radius 2 is 1.89 bits per heavy atom. The number of alkyl halides is 4. The monoisotopic (exact) mass is 345 g/mol. The van der Waals surface area contributed by atoms with Crippen LogP contribution in [0, 0.1) is 0 Å². The van der Waals surface area contributed by atoms with Crippen molar-refractivity contribution >= 4 is 26.0 Å². The normalized spacial score (nSPS) is 14.5. The summed E-state index contributed by atoms with van der Waals surface area (Å²) in [6.07, 6.45) is -4.70. The van der Waals surface area contributed by atoms with Crippen molar-refractivity contribution in [2.75, 3.05) is 6.54 Å². The molecule has 0 bridgehead atoms. The summed E-state index contributed by atoms with van der Waals surface area (Å²) in [6, 6.07) is 4.08. The molecule has 0 aliphatic carbocycles. The van der Waals surface area contributed by atoms with Crippen LogP contribution in [0.5, 0.6) is 0 Å². The molecule has 0 saturated heterocycles. The summed E-state index contributed by atoms with van der Waals surface area (Å²) in [5.74, 6) is 0. The van der Waals surface area contributed by atoms with Crippen LogP contribution in [-0.4, -0.2) is 19.8 Å². The predicted molar refractivity (Wildman–Crippen MR) is 65.0 cm³/mol. The van der Waals surface area contributed by atoms with Gasteiger partial charge in [0.15, 0.2) is 0 Å². The van der Waals surface area contributed by atoms with E-state index in [1.807, 2.05) is 0 Å². The summed E-state index contributed by atoms with van der Waals surface area (Å²) in [7, 11) is -4.17. The molecule has 1 unspecified atom stereocenters. The molecule has 1 atom stereocenters. The maximum Gasteiger partial charge on any atom is 0.417 e. The lowest BCUT2D eigenvalue weighted by Gasteiger charge is -2.14. The molecular formula is C10H11BrF3NO2S. The van der Waals surface area contributed by atoms with Crippen molar-refractivity contribution in [2.45, 2.75) is 22.8 Å². The van der Waals surface area contributed by atoms with E-state index >= 15 is 0 Å². The summed E-state index contributed by atoms with van der Waals surface area (Å²) in [4.78, 5) is -0.934. The lowest BCUT2D eigenvalue weighted by Crippen LogP contribution is -2.30. The van der Waals surface area contributed by atoms with Crippen molar-refractivity contribution in [2.24, 2.45) is 0 Å². The van der Waals surface area contributed by atoms with E-state index in [0.717, 1.165) is 18.2 Å². The van der Waals surface area contributed by atoms with Crippen molar-refractivity contribution in [3.8, 4) is 0 Å². The Hall–Kier alpha value is -0.600. The zero-order valence-corrected chi connectivity index (χ0v) is 11.7.